The van der Waals surface area contributed by atoms with Crippen LogP contribution < -0.4 is 9.80 Å². The average Bonchev–Trinajstić information content (AvgIpc) is 3.09. The summed E-state index contributed by atoms with van der Waals surface area (Å²) in [6, 6.07) is 39.3. The lowest BCUT2D eigenvalue weighted by Crippen LogP contribution is -2.17. The summed E-state index contributed by atoms with van der Waals surface area (Å²) in [6.45, 7) is 22.8. The van der Waals surface area contributed by atoms with Gasteiger partial charge in [-0.3, -0.25) is 0 Å². The quantitative estimate of drug-likeness (QED) is 0.174. The Morgan fingerprint density at radius 1 is 0.292 bits per heavy atom. The number of hydrogen-bond acceptors (Lipinski definition) is 2. The molecular formula is C46H48N2. The molecule has 6 aromatic rings. The van der Waals surface area contributed by atoms with Gasteiger partial charge in [-0.2, -0.15) is 0 Å². The molecule has 6 aromatic carbocycles. The van der Waals surface area contributed by atoms with E-state index < -0.39 is 0 Å². The van der Waals surface area contributed by atoms with Crippen molar-refractivity contribution in [1.82, 2.24) is 0 Å². The van der Waals surface area contributed by atoms with Crippen molar-refractivity contribution in [2.45, 2.75) is 69.2 Å². The summed E-state index contributed by atoms with van der Waals surface area (Å²) in [4.78, 5) is 4.89. The van der Waals surface area contributed by atoms with Gasteiger partial charge in [-0.1, -0.05) is 60.7 Å². The predicted molar refractivity (Wildman–Crippen MR) is 209 cm³/mol. The van der Waals surface area contributed by atoms with Crippen LogP contribution in [0.3, 0.4) is 0 Å². The van der Waals surface area contributed by atoms with Crippen LogP contribution >= 0.6 is 0 Å². The topological polar surface area (TPSA) is 6.48 Å². The summed E-state index contributed by atoms with van der Waals surface area (Å²) < 4.78 is 0. The Morgan fingerprint density at radius 3 is 0.875 bits per heavy atom. The lowest BCUT2D eigenvalue weighted by molar-refractivity contribution is 1.14. The highest BCUT2D eigenvalue weighted by Crippen LogP contribution is 2.49. The Labute approximate surface area is 288 Å². The summed E-state index contributed by atoms with van der Waals surface area (Å²) in [5.41, 5.74) is 23.0. The van der Waals surface area contributed by atoms with Crippen LogP contribution in [0, 0.1) is 69.2 Å². The highest BCUT2D eigenvalue weighted by atomic mass is 15.2. The first-order valence-electron chi connectivity index (χ1n) is 17.1. The molecule has 0 amide bonds. The molecule has 2 nitrogen and oxygen atoms in total. The molecule has 0 fully saturated rings. The van der Waals surface area contributed by atoms with Gasteiger partial charge in [-0.05, 0) is 185 Å². The van der Waals surface area contributed by atoms with E-state index in [1.54, 1.807) is 0 Å². The number of benzene rings is 6. The number of aryl methyl sites for hydroxylation is 2. The van der Waals surface area contributed by atoms with E-state index in [0.29, 0.717) is 0 Å². The second kappa shape index (κ2) is 13.2. The first-order valence-corrected chi connectivity index (χ1v) is 17.1. The lowest BCUT2D eigenvalue weighted by atomic mass is 9.81. The number of anilines is 6. The zero-order valence-electron chi connectivity index (χ0n) is 30.3. The summed E-state index contributed by atoms with van der Waals surface area (Å²) in [5.74, 6) is 0. The van der Waals surface area contributed by atoms with Gasteiger partial charge >= 0.3 is 0 Å². The first-order chi connectivity index (χ1) is 23.0. The van der Waals surface area contributed by atoms with E-state index >= 15 is 0 Å². The summed E-state index contributed by atoms with van der Waals surface area (Å²) in [6.07, 6.45) is 0. The van der Waals surface area contributed by atoms with Gasteiger partial charge in [0.1, 0.15) is 0 Å². The predicted octanol–water partition coefficient (Wildman–Crippen LogP) is 13.4. The standard InChI is InChI=1S/C46H48N2/c1-29-19-17-25-41(27-29)47(39-21-13-11-14-22-39)45-35(7)31(3)43(32(4)36(45)8)44-33(5)37(9)46(38(10)34(44)6)48(40-23-15-12-16-24-40)42-26-18-20-30(2)28-42/h11-28H,1-10H3. The summed E-state index contributed by atoms with van der Waals surface area (Å²) >= 11 is 0. The maximum atomic E-state index is 2.44. The van der Waals surface area contributed by atoms with Gasteiger partial charge < -0.3 is 9.80 Å². The van der Waals surface area contributed by atoms with E-state index in [1.807, 2.05) is 0 Å². The Morgan fingerprint density at radius 2 is 0.583 bits per heavy atom. The Kier molecular flexibility index (Phi) is 9.03. The number of nitrogens with zero attached hydrogens (tertiary/aromatic N) is 2. The molecule has 0 saturated heterocycles. The molecule has 0 heterocycles. The van der Waals surface area contributed by atoms with Crippen LogP contribution in [0.2, 0.25) is 0 Å². The maximum absolute atomic E-state index is 2.44. The monoisotopic (exact) mass is 628 g/mol. The highest BCUT2D eigenvalue weighted by molar-refractivity contribution is 5.92. The van der Waals surface area contributed by atoms with Gasteiger partial charge in [0.25, 0.3) is 0 Å². The van der Waals surface area contributed by atoms with Crippen molar-refractivity contribution in [2.75, 3.05) is 9.80 Å². The first kappa shape index (κ1) is 32.8. The third-order valence-corrected chi connectivity index (χ3v) is 10.4. The Bertz CT molecular complexity index is 1910. The molecule has 0 spiro atoms. The molecule has 0 N–H and O–H groups in total. The van der Waals surface area contributed by atoms with Crippen molar-refractivity contribution >= 4 is 34.1 Å². The van der Waals surface area contributed by atoms with E-state index in [0.717, 1.165) is 0 Å². The van der Waals surface area contributed by atoms with Crippen LogP contribution in [-0.2, 0) is 0 Å². The van der Waals surface area contributed by atoms with Crippen molar-refractivity contribution in [3.63, 3.8) is 0 Å². The van der Waals surface area contributed by atoms with E-state index in [1.165, 1.54) is 101 Å². The fourth-order valence-electron chi connectivity index (χ4n) is 7.51. The number of hydrogen-bond donors (Lipinski definition) is 0. The highest BCUT2D eigenvalue weighted by Gasteiger charge is 2.27. The van der Waals surface area contributed by atoms with Gasteiger partial charge in [0.2, 0.25) is 0 Å². The van der Waals surface area contributed by atoms with Crippen LogP contribution in [0.1, 0.15) is 55.6 Å². The molecule has 0 radical (unpaired) electrons. The van der Waals surface area contributed by atoms with E-state index in [4.69, 9.17) is 0 Å². The van der Waals surface area contributed by atoms with Gasteiger partial charge in [0.05, 0.1) is 11.4 Å². The third kappa shape index (κ3) is 5.70. The molecule has 0 aliphatic carbocycles. The van der Waals surface area contributed by atoms with E-state index in [-0.39, 0.29) is 0 Å². The van der Waals surface area contributed by atoms with Gasteiger partial charge in [0.15, 0.2) is 0 Å². The van der Waals surface area contributed by atoms with Crippen molar-refractivity contribution in [3.8, 4) is 11.1 Å². The van der Waals surface area contributed by atoms with Gasteiger partial charge in [-0.15, -0.1) is 0 Å². The molecule has 6 rings (SSSR count). The molecule has 0 aliphatic heterocycles. The van der Waals surface area contributed by atoms with Crippen LogP contribution in [0.25, 0.3) is 11.1 Å². The van der Waals surface area contributed by atoms with Crippen molar-refractivity contribution in [3.05, 3.63) is 165 Å². The van der Waals surface area contributed by atoms with Gasteiger partial charge in [-0.25, -0.2) is 0 Å². The molecule has 48 heavy (non-hydrogen) atoms. The van der Waals surface area contributed by atoms with Crippen molar-refractivity contribution < 1.29 is 0 Å². The minimum absolute atomic E-state index is 1.17. The largest absolute Gasteiger partial charge is 0.310 e. The maximum Gasteiger partial charge on any atom is 0.0525 e. The average molecular weight is 629 g/mol. The van der Waals surface area contributed by atoms with Crippen LogP contribution in [-0.4, -0.2) is 0 Å². The third-order valence-electron chi connectivity index (χ3n) is 10.4. The molecule has 0 atom stereocenters. The van der Waals surface area contributed by atoms with Gasteiger partial charge in [0, 0.05) is 22.7 Å². The van der Waals surface area contributed by atoms with Crippen LogP contribution in [0.15, 0.2) is 109 Å². The second-order valence-corrected chi connectivity index (χ2v) is 13.5. The normalized spacial score (nSPS) is 11.1. The van der Waals surface area contributed by atoms with E-state index in [9.17, 15) is 0 Å². The number of rotatable bonds is 7. The molecule has 0 aliphatic rings. The van der Waals surface area contributed by atoms with Crippen LogP contribution in [0.5, 0.6) is 0 Å². The minimum Gasteiger partial charge on any atom is -0.310 e. The molecular weight excluding hydrogens is 581 g/mol. The molecule has 242 valence electrons. The molecule has 0 saturated carbocycles. The smallest absolute Gasteiger partial charge is 0.0525 e. The van der Waals surface area contributed by atoms with E-state index in [2.05, 4.69) is 188 Å². The van der Waals surface area contributed by atoms with Crippen LogP contribution in [0.4, 0.5) is 34.1 Å². The van der Waals surface area contributed by atoms with Crippen molar-refractivity contribution in [1.29, 1.82) is 0 Å². The fraction of sp³-hybridized carbons (Fsp3) is 0.217. The Hall–Kier alpha value is -5.08. The molecule has 0 aromatic heterocycles. The summed E-state index contributed by atoms with van der Waals surface area (Å²) in [5, 5.41) is 0. The lowest BCUT2D eigenvalue weighted by Gasteiger charge is -2.34. The zero-order chi connectivity index (χ0) is 34.3. The SMILES string of the molecule is Cc1cccc(N(c2ccccc2)c2c(C)c(C)c(-c3c(C)c(C)c(N(c4ccccc4)c4cccc(C)c4)c(C)c3C)c(C)c2C)c1. The molecule has 2 heteroatoms. The molecule has 0 unspecified atom stereocenters. The number of para-hydroxylation sites is 2. The molecule has 0 bridgehead atoms. The zero-order valence-corrected chi connectivity index (χ0v) is 30.3. The second-order valence-electron chi connectivity index (χ2n) is 13.5. The Balaban J connectivity index is 1.60. The minimum atomic E-state index is 1.17. The van der Waals surface area contributed by atoms with Crippen molar-refractivity contribution in [2.24, 2.45) is 0 Å². The fourth-order valence-corrected chi connectivity index (χ4v) is 7.51. The summed E-state index contributed by atoms with van der Waals surface area (Å²) in [7, 11) is 0.